The molecule has 0 amide bonds. The summed E-state index contributed by atoms with van der Waals surface area (Å²) in [6, 6.07) is 0. The van der Waals surface area contributed by atoms with Gasteiger partial charge in [-0.25, -0.2) is 0 Å². The Labute approximate surface area is 111 Å². The molecule has 104 valence electrons. The van der Waals surface area contributed by atoms with E-state index in [0.29, 0.717) is 0 Å². The van der Waals surface area contributed by atoms with Crippen molar-refractivity contribution in [3.05, 3.63) is 0 Å². The highest BCUT2D eigenvalue weighted by atomic mass is 14.0. The van der Waals surface area contributed by atoms with E-state index in [1.807, 2.05) is 0 Å². The molecule has 0 bridgehead atoms. The monoisotopic (exact) mass is 240 g/mol. The van der Waals surface area contributed by atoms with Gasteiger partial charge in [-0.15, -0.1) is 0 Å². The summed E-state index contributed by atoms with van der Waals surface area (Å²) in [6.45, 7) is 6.95. The van der Waals surface area contributed by atoms with Crippen LogP contribution in [0.5, 0.6) is 0 Å². The third-order valence-electron chi connectivity index (χ3n) is 3.64. The Kier molecular flexibility index (Phi) is 14.1. The zero-order valence-electron chi connectivity index (χ0n) is 12.8. The minimum Gasteiger partial charge on any atom is -0.0654 e. The first kappa shape index (κ1) is 17.0. The van der Waals surface area contributed by atoms with Gasteiger partial charge in [0.05, 0.1) is 0 Å². The maximum Gasteiger partial charge on any atom is -0.0471 e. The first-order valence-corrected chi connectivity index (χ1v) is 8.27. The fraction of sp³-hybridized carbons (Fsp3) is 1.00. The van der Waals surface area contributed by atoms with E-state index in [9.17, 15) is 0 Å². The smallest absolute Gasteiger partial charge is 0.0471 e. The lowest BCUT2D eigenvalue weighted by Gasteiger charge is -2.04. The van der Waals surface area contributed by atoms with Crippen molar-refractivity contribution in [2.24, 2.45) is 5.92 Å². The highest BCUT2D eigenvalue weighted by molar-refractivity contribution is 4.50. The first-order valence-electron chi connectivity index (χ1n) is 8.27. The Hall–Kier alpha value is 0. The predicted octanol–water partition coefficient (Wildman–Crippen LogP) is 6.73. The molecule has 0 radical (unpaired) electrons. The van der Waals surface area contributed by atoms with Gasteiger partial charge in [0.1, 0.15) is 0 Å². The van der Waals surface area contributed by atoms with Gasteiger partial charge in [0.15, 0.2) is 0 Å². The Morgan fingerprint density at radius 2 is 0.882 bits per heavy atom. The average molecular weight is 240 g/mol. The van der Waals surface area contributed by atoms with Crippen molar-refractivity contribution in [3.8, 4) is 0 Å². The van der Waals surface area contributed by atoms with Crippen LogP contribution in [-0.2, 0) is 0 Å². The number of hydrogen-bond donors (Lipinski definition) is 0. The Bertz CT molecular complexity index is 126. The molecular weight excluding hydrogens is 204 g/mol. The summed E-state index contributed by atoms with van der Waals surface area (Å²) in [4.78, 5) is 0. The molecule has 17 heavy (non-hydrogen) atoms. The minimum atomic E-state index is 0.901. The summed E-state index contributed by atoms with van der Waals surface area (Å²) >= 11 is 0. The molecule has 0 unspecified atom stereocenters. The van der Waals surface area contributed by atoms with E-state index in [1.165, 1.54) is 83.5 Å². The van der Waals surface area contributed by atoms with E-state index in [1.54, 1.807) is 0 Å². The van der Waals surface area contributed by atoms with E-state index in [2.05, 4.69) is 20.8 Å². The molecule has 0 spiro atoms. The van der Waals surface area contributed by atoms with Crippen LogP contribution in [0.4, 0.5) is 0 Å². The van der Waals surface area contributed by atoms with Crippen molar-refractivity contribution in [2.75, 3.05) is 0 Å². The Balaban J connectivity index is 2.89. The lowest BCUT2D eigenvalue weighted by molar-refractivity contribution is 0.503. The third-order valence-corrected chi connectivity index (χ3v) is 3.64. The van der Waals surface area contributed by atoms with E-state index in [-0.39, 0.29) is 0 Å². The highest BCUT2D eigenvalue weighted by Crippen LogP contribution is 2.13. The third kappa shape index (κ3) is 16.0. The Morgan fingerprint density at radius 3 is 1.24 bits per heavy atom. The van der Waals surface area contributed by atoms with Gasteiger partial charge < -0.3 is 0 Å². The van der Waals surface area contributed by atoms with E-state index in [0.717, 1.165) is 5.92 Å². The summed E-state index contributed by atoms with van der Waals surface area (Å²) in [5.74, 6) is 0.901. The second-order valence-corrected chi connectivity index (χ2v) is 6.07. The van der Waals surface area contributed by atoms with Crippen molar-refractivity contribution in [1.29, 1.82) is 0 Å². The molecule has 0 aliphatic heterocycles. The number of rotatable bonds is 13. The summed E-state index contributed by atoms with van der Waals surface area (Å²) < 4.78 is 0. The molecule has 0 nitrogen and oxygen atoms in total. The van der Waals surface area contributed by atoms with Crippen LogP contribution < -0.4 is 0 Å². The maximum absolute atomic E-state index is 2.33. The van der Waals surface area contributed by atoms with Crippen LogP contribution in [0.1, 0.15) is 104 Å². The largest absolute Gasteiger partial charge is 0.0654 e. The standard InChI is InChI=1S/C17H36/c1-4-5-6-7-8-9-10-11-12-13-14-15-16-17(2)3/h17H,4-16H2,1-3H3. The average Bonchev–Trinajstić information content (AvgIpc) is 2.30. The summed E-state index contributed by atoms with van der Waals surface area (Å²) in [6.07, 6.45) is 19.0. The van der Waals surface area contributed by atoms with Gasteiger partial charge in [-0.1, -0.05) is 104 Å². The molecular formula is C17H36. The normalized spacial score (nSPS) is 11.3. The van der Waals surface area contributed by atoms with Gasteiger partial charge in [-0.05, 0) is 5.92 Å². The number of unbranched alkanes of at least 4 members (excludes halogenated alkanes) is 11. The van der Waals surface area contributed by atoms with E-state index >= 15 is 0 Å². The summed E-state index contributed by atoms with van der Waals surface area (Å²) in [5.41, 5.74) is 0. The maximum atomic E-state index is 2.33. The molecule has 0 N–H and O–H groups in total. The molecule has 0 heterocycles. The zero-order chi connectivity index (χ0) is 12.8. The van der Waals surface area contributed by atoms with Gasteiger partial charge in [-0.3, -0.25) is 0 Å². The molecule has 0 aromatic heterocycles. The zero-order valence-corrected chi connectivity index (χ0v) is 12.8. The fourth-order valence-corrected chi connectivity index (χ4v) is 2.39. The van der Waals surface area contributed by atoms with Crippen LogP contribution in [0.2, 0.25) is 0 Å². The highest BCUT2D eigenvalue weighted by Gasteiger charge is 1.95. The molecule has 0 rings (SSSR count). The van der Waals surface area contributed by atoms with Crippen LogP contribution in [-0.4, -0.2) is 0 Å². The van der Waals surface area contributed by atoms with Gasteiger partial charge in [0.25, 0.3) is 0 Å². The molecule has 0 aromatic carbocycles. The van der Waals surface area contributed by atoms with Crippen molar-refractivity contribution < 1.29 is 0 Å². The van der Waals surface area contributed by atoms with Gasteiger partial charge in [0, 0.05) is 0 Å². The van der Waals surface area contributed by atoms with Gasteiger partial charge in [-0.2, -0.15) is 0 Å². The van der Waals surface area contributed by atoms with E-state index in [4.69, 9.17) is 0 Å². The molecule has 0 atom stereocenters. The van der Waals surface area contributed by atoms with Crippen LogP contribution in [0.3, 0.4) is 0 Å². The Morgan fingerprint density at radius 1 is 0.529 bits per heavy atom. The van der Waals surface area contributed by atoms with Gasteiger partial charge in [0.2, 0.25) is 0 Å². The number of hydrogen-bond acceptors (Lipinski definition) is 0. The first-order chi connectivity index (χ1) is 8.27. The van der Waals surface area contributed by atoms with Crippen LogP contribution in [0.25, 0.3) is 0 Å². The van der Waals surface area contributed by atoms with Crippen molar-refractivity contribution >= 4 is 0 Å². The topological polar surface area (TPSA) is 0 Å². The lowest BCUT2D eigenvalue weighted by atomic mass is 10.0. The fourth-order valence-electron chi connectivity index (χ4n) is 2.39. The lowest BCUT2D eigenvalue weighted by Crippen LogP contribution is -1.87. The molecule has 0 aliphatic rings. The quantitative estimate of drug-likeness (QED) is 0.313. The second-order valence-electron chi connectivity index (χ2n) is 6.07. The molecule has 0 aromatic rings. The molecule has 0 saturated heterocycles. The molecule has 0 saturated carbocycles. The van der Waals surface area contributed by atoms with Crippen molar-refractivity contribution in [3.63, 3.8) is 0 Å². The van der Waals surface area contributed by atoms with Crippen LogP contribution in [0, 0.1) is 5.92 Å². The molecule has 0 aliphatic carbocycles. The molecule has 0 fully saturated rings. The summed E-state index contributed by atoms with van der Waals surface area (Å²) in [7, 11) is 0. The predicted molar refractivity (Wildman–Crippen MR) is 80.5 cm³/mol. The van der Waals surface area contributed by atoms with Crippen LogP contribution in [0.15, 0.2) is 0 Å². The SMILES string of the molecule is CCCCCCCCCCCCCCC(C)C. The minimum absolute atomic E-state index is 0.901. The van der Waals surface area contributed by atoms with Crippen LogP contribution >= 0.6 is 0 Å². The second kappa shape index (κ2) is 14.1. The van der Waals surface area contributed by atoms with Crippen molar-refractivity contribution in [1.82, 2.24) is 0 Å². The van der Waals surface area contributed by atoms with Gasteiger partial charge >= 0.3 is 0 Å². The molecule has 0 heteroatoms. The summed E-state index contributed by atoms with van der Waals surface area (Å²) in [5, 5.41) is 0. The van der Waals surface area contributed by atoms with Crippen molar-refractivity contribution in [2.45, 2.75) is 104 Å². The van der Waals surface area contributed by atoms with E-state index < -0.39 is 0 Å².